The van der Waals surface area contributed by atoms with Crippen LogP contribution in [0.15, 0.2) is 59.9 Å². The van der Waals surface area contributed by atoms with Gasteiger partial charge in [-0.25, -0.2) is 0 Å². The van der Waals surface area contributed by atoms with E-state index in [1.807, 2.05) is 55.5 Å². The van der Waals surface area contributed by atoms with Gasteiger partial charge in [-0.2, -0.15) is 0 Å². The molecule has 7 heteroatoms. The number of ketones is 1. The minimum absolute atomic E-state index is 0.00268. The number of benzene rings is 2. The van der Waals surface area contributed by atoms with Crippen molar-refractivity contribution >= 4 is 11.7 Å². The first-order chi connectivity index (χ1) is 17.1. The zero-order chi connectivity index (χ0) is 24.4. The smallest absolute Gasteiger partial charge is 0.290 e. The molecule has 0 aromatic heterocycles. The van der Waals surface area contributed by atoms with Gasteiger partial charge in [0.1, 0.15) is 12.7 Å². The molecule has 3 unspecified atom stereocenters. The SMILES string of the molecule is CCOc1cc(C2C3=C(OC4CCCCC4C3=O)C(=O)N2CCO)ccc1OCc1ccccc1. The Morgan fingerprint density at radius 3 is 2.60 bits per heavy atom. The minimum Gasteiger partial charge on any atom is -0.490 e. The van der Waals surface area contributed by atoms with Crippen LogP contribution in [0.1, 0.15) is 49.8 Å². The number of carbonyl (C=O) groups is 2. The molecular weight excluding hydrogens is 446 g/mol. The fourth-order valence-electron chi connectivity index (χ4n) is 5.39. The van der Waals surface area contributed by atoms with E-state index in [2.05, 4.69) is 0 Å². The largest absolute Gasteiger partial charge is 0.490 e. The highest BCUT2D eigenvalue weighted by molar-refractivity contribution is 6.11. The van der Waals surface area contributed by atoms with Crippen LogP contribution < -0.4 is 9.47 Å². The number of nitrogens with zero attached hydrogens (tertiary/aromatic N) is 1. The zero-order valence-electron chi connectivity index (χ0n) is 19.9. The second-order valence-corrected chi connectivity index (χ2v) is 9.19. The lowest BCUT2D eigenvalue weighted by molar-refractivity contribution is -0.135. The van der Waals surface area contributed by atoms with Crippen molar-refractivity contribution in [1.29, 1.82) is 0 Å². The quantitative estimate of drug-likeness (QED) is 0.620. The summed E-state index contributed by atoms with van der Waals surface area (Å²) in [6.07, 6.45) is 3.31. The van der Waals surface area contributed by atoms with Gasteiger partial charge in [-0.15, -0.1) is 0 Å². The molecule has 3 atom stereocenters. The summed E-state index contributed by atoms with van der Waals surface area (Å²) in [7, 11) is 0. The van der Waals surface area contributed by atoms with Crippen LogP contribution in [0.25, 0.3) is 0 Å². The van der Waals surface area contributed by atoms with Gasteiger partial charge >= 0.3 is 0 Å². The Morgan fingerprint density at radius 2 is 1.83 bits per heavy atom. The molecule has 1 fully saturated rings. The molecule has 1 amide bonds. The second-order valence-electron chi connectivity index (χ2n) is 9.19. The fraction of sp³-hybridized carbons (Fsp3) is 0.429. The Kier molecular flexibility index (Phi) is 6.77. The number of fused-ring (bicyclic) bond motifs is 1. The maximum Gasteiger partial charge on any atom is 0.290 e. The molecule has 7 nitrogen and oxygen atoms in total. The Labute approximate surface area is 205 Å². The molecule has 0 spiro atoms. The van der Waals surface area contributed by atoms with Crippen molar-refractivity contribution in [3.63, 3.8) is 0 Å². The molecule has 2 aliphatic heterocycles. The molecule has 184 valence electrons. The van der Waals surface area contributed by atoms with Crippen molar-refractivity contribution in [2.24, 2.45) is 5.92 Å². The Bertz CT molecular complexity index is 1130. The molecule has 2 aromatic carbocycles. The highest BCUT2D eigenvalue weighted by Crippen LogP contribution is 2.47. The van der Waals surface area contributed by atoms with E-state index in [0.717, 1.165) is 36.8 Å². The predicted octanol–water partition coefficient (Wildman–Crippen LogP) is 3.95. The van der Waals surface area contributed by atoms with E-state index in [-0.39, 0.29) is 42.6 Å². The lowest BCUT2D eigenvalue weighted by atomic mass is 9.77. The van der Waals surface area contributed by atoms with Gasteiger partial charge in [0.25, 0.3) is 5.91 Å². The Balaban J connectivity index is 1.49. The zero-order valence-corrected chi connectivity index (χ0v) is 19.9. The maximum atomic E-state index is 13.6. The number of Topliss-reactive ketones (excluding diaryl/α,β-unsaturated/α-hetero) is 1. The summed E-state index contributed by atoms with van der Waals surface area (Å²) < 4.78 is 18.1. The fourth-order valence-corrected chi connectivity index (χ4v) is 5.39. The first-order valence-electron chi connectivity index (χ1n) is 12.4. The van der Waals surface area contributed by atoms with Gasteiger partial charge in [0.15, 0.2) is 23.0 Å². The topological polar surface area (TPSA) is 85.3 Å². The van der Waals surface area contributed by atoms with Gasteiger partial charge in [-0.3, -0.25) is 9.59 Å². The first-order valence-corrected chi connectivity index (χ1v) is 12.4. The van der Waals surface area contributed by atoms with Gasteiger partial charge < -0.3 is 24.2 Å². The number of rotatable bonds is 8. The van der Waals surface area contributed by atoms with E-state index in [1.54, 1.807) is 0 Å². The second kappa shape index (κ2) is 10.1. The average Bonchev–Trinajstić information content (AvgIpc) is 3.16. The number of ether oxygens (including phenoxy) is 3. The number of aliphatic hydroxyl groups is 1. The van der Waals surface area contributed by atoms with E-state index < -0.39 is 6.04 Å². The number of carbonyl (C=O) groups excluding carboxylic acids is 2. The molecule has 0 saturated heterocycles. The molecule has 1 aliphatic carbocycles. The van der Waals surface area contributed by atoms with Crippen LogP contribution in [0, 0.1) is 5.92 Å². The van der Waals surface area contributed by atoms with Crippen LogP contribution in [-0.2, 0) is 20.9 Å². The van der Waals surface area contributed by atoms with E-state index in [9.17, 15) is 14.7 Å². The summed E-state index contributed by atoms with van der Waals surface area (Å²) in [4.78, 5) is 28.5. The highest BCUT2D eigenvalue weighted by Gasteiger charge is 2.51. The van der Waals surface area contributed by atoms with Gasteiger partial charge in [0.2, 0.25) is 0 Å². The third kappa shape index (κ3) is 4.41. The molecule has 2 aromatic rings. The van der Waals surface area contributed by atoms with Crippen LogP contribution in [0.2, 0.25) is 0 Å². The monoisotopic (exact) mass is 477 g/mol. The molecule has 3 aliphatic rings. The summed E-state index contributed by atoms with van der Waals surface area (Å²) in [6.45, 7) is 2.63. The molecular formula is C28H31NO6. The Hall–Kier alpha value is -3.32. The summed E-state index contributed by atoms with van der Waals surface area (Å²) in [5.74, 6) is 0.734. The van der Waals surface area contributed by atoms with Gasteiger partial charge in [-0.1, -0.05) is 42.8 Å². The third-order valence-corrected chi connectivity index (χ3v) is 7.02. The van der Waals surface area contributed by atoms with E-state index in [0.29, 0.717) is 30.3 Å². The first kappa shape index (κ1) is 23.4. The van der Waals surface area contributed by atoms with Gasteiger partial charge in [0, 0.05) is 6.54 Å². The molecule has 2 heterocycles. The summed E-state index contributed by atoms with van der Waals surface area (Å²) in [5.41, 5.74) is 2.18. The number of hydrogen-bond acceptors (Lipinski definition) is 6. The summed E-state index contributed by atoms with van der Waals surface area (Å²) in [5, 5.41) is 9.69. The number of amides is 1. The number of aliphatic hydroxyl groups excluding tert-OH is 1. The van der Waals surface area contributed by atoms with Gasteiger partial charge in [-0.05, 0) is 49.4 Å². The predicted molar refractivity (Wildman–Crippen MR) is 129 cm³/mol. The minimum atomic E-state index is -0.623. The van der Waals surface area contributed by atoms with Crippen molar-refractivity contribution < 1.29 is 28.9 Å². The third-order valence-electron chi connectivity index (χ3n) is 7.02. The van der Waals surface area contributed by atoms with Crippen LogP contribution in [0.3, 0.4) is 0 Å². The Morgan fingerprint density at radius 1 is 1.03 bits per heavy atom. The molecule has 0 bridgehead atoms. The lowest BCUT2D eigenvalue weighted by Gasteiger charge is -2.35. The van der Waals surface area contributed by atoms with Crippen LogP contribution in [0.4, 0.5) is 0 Å². The van der Waals surface area contributed by atoms with E-state index in [4.69, 9.17) is 14.2 Å². The molecule has 35 heavy (non-hydrogen) atoms. The molecule has 0 radical (unpaired) electrons. The molecule has 5 rings (SSSR count). The van der Waals surface area contributed by atoms with Crippen molar-refractivity contribution in [3.05, 3.63) is 71.0 Å². The van der Waals surface area contributed by atoms with Gasteiger partial charge in [0.05, 0.1) is 30.7 Å². The summed E-state index contributed by atoms with van der Waals surface area (Å²) >= 11 is 0. The van der Waals surface area contributed by atoms with Crippen molar-refractivity contribution in [1.82, 2.24) is 4.90 Å². The van der Waals surface area contributed by atoms with Crippen molar-refractivity contribution in [3.8, 4) is 11.5 Å². The van der Waals surface area contributed by atoms with E-state index >= 15 is 0 Å². The van der Waals surface area contributed by atoms with Crippen LogP contribution in [-0.4, -0.2) is 47.6 Å². The molecule has 1 N–H and O–H groups in total. The summed E-state index contributed by atoms with van der Waals surface area (Å²) in [6, 6.07) is 14.8. The highest BCUT2D eigenvalue weighted by atomic mass is 16.5. The lowest BCUT2D eigenvalue weighted by Crippen LogP contribution is -2.39. The normalized spacial score (nSPS) is 23.6. The number of hydrogen-bond donors (Lipinski definition) is 1. The van der Waals surface area contributed by atoms with E-state index in [1.165, 1.54) is 4.90 Å². The standard InChI is InChI=1S/C28H31NO6/c1-2-33-23-16-19(12-13-22(23)34-17-18-8-4-3-5-9-18)25-24-26(31)20-10-6-7-11-21(20)35-27(24)28(32)29(25)14-15-30/h3-5,8-9,12-13,16,20-21,25,30H,2,6-7,10-11,14-15,17H2,1H3. The van der Waals surface area contributed by atoms with Crippen molar-refractivity contribution in [2.75, 3.05) is 19.8 Å². The van der Waals surface area contributed by atoms with Crippen LogP contribution in [0.5, 0.6) is 11.5 Å². The van der Waals surface area contributed by atoms with Crippen LogP contribution >= 0.6 is 0 Å². The average molecular weight is 478 g/mol. The van der Waals surface area contributed by atoms with Crippen molar-refractivity contribution in [2.45, 2.75) is 51.4 Å². The number of β-amino-alcohol motifs (C(OH)–C–C–N with tert-alkyl or cyclic N) is 1. The molecule has 1 saturated carbocycles. The maximum absolute atomic E-state index is 13.6.